The van der Waals surface area contributed by atoms with E-state index in [1.165, 1.54) is 25.9 Å². The van der Waals surface area contributed by atoms with Gasteiger partial charge in [-0.05, 0) is 79.8 Å². The van der Waals surface area contributed by atoms with E-state index in [0.29, 0.717) is 5.69 Å². The highest BCUT2D eigenvalue weighted by atomic mass is 79.9. The molecule has 1 aliphatic rings. The molecular weight excluding hydrogens is 368 g/mol. The van der Waals surface area contributed by atoms with Gasteiger partial charge in [0.1, 0.15) is 11.3 Å². The van der Waals surface area contributed by atoms with Gasteiger partial charge in [-0.15, -0.1) is 0 Å². The van der Waals surface area contributed by atoms with Crippen LogP contribution in [0.4, 0.5) is 0 Å². The van der Waals surface area contributed by atoms with E-state index in [9.17, 15) is 4.79 Å². The molecule has 5 nitrogen and oxygen atoms in total. The number of nitrogens with zero attached hydrogens (tertiary/aromatic N) is 3. The van der Waals surface area contributed by atoms with Crippen molar-refractivity contribution in [2.24, 2.45) is 0 Å². The van der Waals surface area contributed by atoms with E-state index in [4.69, 9.17) is 0 Å². The summed E-state index contributed by atoms with van der Waals surface area (Å²) in [5.74, 6) is -0.0291. The van der Waals surface area contributed by atoms with Crippen molar-refractivity contribution in [3.8, 4) is 0 Å². The molecule has 130 valence electrons. The minimum absolute atomic E-state index is 0.0291. The molecule has 0 unspecified atom stereocenters. The molecule has 3 heterocycles. The van der Waals surface area contributed by atoms with Gasteiger partial charge in [0, 0.05) is 17.2 Å². The van der Waals surface area contributed by atoms with Crippen molar-refractivity contribution in [1.29, 1.82) is 0 Å². The lowest BCUT2D eigenvalue weighted by Crippen LogP contribution is -2.28. The van der Waals surface area contributed by atoms with Crippen molar-refractivity contribution < 1.29 is 4.79 Å². The maximum Gasteiger partial charge on any atom is 0.270 e. The lowest BCUT2D eigenvalue weighted by Gasteiger charge is -2.14. The van der Waals surface area contributed by atoms with Gasteiger partial charge in [0.15, 0.2) is 0 Å². The minimum Gasteiger partial charge on any atom is -0.351 e. The fraction of sp³-hybridized carbons (Fsp3) is 0.556. The summed E-state index contributed by atoms with van der Waals surface area (Å²) in [5, 5.41) is 3.06. The molecule has 24 heavy (non-hydrogen) atoms. The van der Waals surface area contributed by atoms with E-state index in [1.54, 1.807) is 0 Å². The molecular formula is C18H25BrN4O. The Hall–Kier alpha value is -1.40. The predicted molar refractivity (Wildman–Crippen MR) is 99.5 cm³/mol. The summed E-state index contributed by atoms with van der Waals surface area (Å²) in [6.07, 6.45) is 7.48. The van der Waals surface area contributed by atoms with Gasteiger partial charge in [-0.2, -0.15) is 0 Å². The highest BCUT2D eigenvalue weighted by molar-refractivity contribution is 9.10. The molecule has 0 aliphatic carbocycles. The van der Waals surface area contributed by atoms with Gasteiger partial charge in [0.05, 0.1) is 5.69 Å². The van der Waals surface area contributed by atoms with Gasteiger partial charge in [0.2, 0.25) is 0 Å². The summed E-state index contributed by atoms with van der Waals surface area (Å²) in [5.41, 5.74) is 2.32. The van der Waals surface area contributed by atoms with Crippen molar-refractivity contribution in [2.45, 2.75) is 39.0 Å². The zero-order chi connectivity index (χ0) is 16.9. The van der Waals surface area contributed by atoms with E-state index in [-0.39, 0.29) is 5.91 Å². The standard InChI is InChI=1S/C18H25BrN4O/c1-2-15-17(23-13-14(19)7-8-16(23)21-15)18(24)20-9-3-4-10-22-11-5-6-12-22/h7-8,13H,2-6,9-12H2,1H3,(H,20,24). The van der Waals surface area contributed by atoms with Crippen LogP contribution in [-0.2, 0) is 6.42 Å². The highest BCUT2D eigenvalue weighted by Crippen LogP contribution is 2.17. The fourth-order valence-electron chi connectivity index (χ4n) is 3.31. The number of likely N-dealkylation sites (tertiary alicyclic amines) is 1. The summed E-state index contributed by atoms with van der Waals surface area (Å²) >= 11 is 3.47. The van der Waals surface area contributed by atoms with Crippen molar-refractivity contribution in [3.05, 3.63) is 34.2 Å². The van der Waals surface area contributed by atoms with E-state index in [0.717, 1.165) is 48.2 Å². The van der Waals surface area contributed by atoms with E-state index in [2.05, 4.69) is 31.1 Å². The number of imidazole rings is 1. The molecule has 6 heteroatoms. The van der Waals surface area contributed by atoms with Crippen LogP contribution in [0, 0.1) is 0 Å². The average Bonchev–Trinajstić information content (AvgIpc) is 3.21. The number of unbranched alkanes of at least 4 members (excludes halogenated alkanes) is 1. The van der Waals surface area contributed by atoms with Gasteiger partial charge in [-0.1, -0.05) is 6.92 Å². The molecule has 2 aromatic heterocycles. The van der Waals surface area contributed by atoms with Crippen molar-refractivity contribution >= 4 is 27.5 Å². The van der Waals surface area contributed by atoms with Crippen molar-refractivity contribution in [2.75, 3.05) is 26.2 Å². The van der Waals surface area contributed by atoms with Crippen LogP contribution in [0.15, 0.2) is 22.8 Å². The van der Waals surface area contributed by atoms with Crippen LogP contribution in [0.25, 0.3) is 5.65 Å². The van der Waals surface area contributed by atoms with Gasteiger partial charge in [0.25, 0.3) is 5.91 Å². The lowest BCUT2D eigenvalue weighted by atomic mass is 10.2. The van der Waals surface area contributed by atoms with Gasteiger partial charge in [-0.25, -0.2) is 4.98 Å². The molecule has 0 atom stereocenters. The van der Waals surface area contributed by atoms with E-state index < -0.39 is 0 Å². The summed E-state index contributed by atoms with van der Waals surface area (Å²) in [6, 6.07) is 3.87. The quantitative estimate of drug-likeness (QED) is 0.735. The van der Waals surface area contributed by atoms with E-state index >= 15 is 0 Å². The minimum atomic E-state index is -0.0291. The molecule has 0 saturated carbocycles. The molecule has 0 spiro atoms. The zero-order valence-electron chi connectivity index (χ0n) is 14.2. The second kappa shape index (κ2) is 8.12. The number of nitrogens with one attached hydrogen (secondary N) is 1. The topological polar surface area (TPSA) is 49.6 Å². The number of carbonyl (C=O) groups excluding carboxylic acids is 1. The Bertz CT molecular complexity index is 706. The monoisotopic (exact) mass is 392 g/mol. The summed E-state index contributed by atoms with van der Waals surface area (Å²) in [4.78, 5) is 19.7. The number of hydrogen-bond acceptors (Lipinski definition) is 3. The molecule has 2 aromatic rings. The fourth-order valence-corrected chi connectivity index (χ4v) is 3.64. The number of rotatable bonds is 7. The van der Waals surface area contributed by atoms with Crippen molar-refractivity contribution in [1.82, 2.24) is 19.6 Å². The first-order chi connectivity index (χ1) is 11.7. The Labute approximate surface area is 151 Å². The summed E-state index contributed by atoms with van der Waals surface area (Å²) in [6.45, 7) is 6.38. The lowest BCUT2D eigenvalue weighted by molar-refractivity contribution is 0.0946. The molecule has 0 bridgehead atoms. The Morgan fingerprint density at radius 2 is 2.08 bits per heavy atom. The number of fused-ring (bicyclic) bond motifs is 1. The molecule has 1 fully saturated rings. The van der Waals surface area contributed by atoms with Crippen LogP contribution in [-0.4, -0.2) is 46.4 Å². The van der Waals surface area contributed by atoms with Gasteiger partial charge >= 0.3 is 0 Å². The Balaban J connectivity index is 1.58. The zero-order valence-corrected chi connectivity index (χ0v) is 15.8. The first kappa shape index (κ1) is 17.4. The first-order valence-electron chi connectivity index (χ1n) is 8.86. The number of carbonyl (C=O) groups is 1. The number of halogens is 1. The number of pyridine rings is 1. The highest BCUT2D eigenvalue weighted by Gasteiger charge is 2.18. The van der Waals surface area contributed by atoms with Crippen LogP contribution in [0.1, 0.15) is 48.8 Å². The maximum absolute atomic E-state index is 12.6. The Morgan fingerprint density at radius 1 is 1.29 bits per heavy atom. The maximum atomic E-state index is 12.6. The second-order valence-corrected chi connectivity index (χ2v) is 7.26. The smallest absolute Gasteiger partial charge is 0.270 e. The summed E-state index contributed by atoms with van der Waals surface area (Å²) in [7, 11) is 0. The van der Waals surface area contributed by atoms with E-state index in [1.807, 2.05) is 29.7 Å². The molecule has 1 aliphatic heterocycles. The third-order valence-corrected chi connectivity index (χ3v) is 5.06. The first-order valence-corrected chi connectivity index (χ1v) is 9.65. The molecule has 0 aromatic carbocycles. The normalized spacial score (nSPS) is 15.2. The number of hydrogen-bond donors (Lipinski definition) is 1. The van der Waals surface area contributed by atoms with Crippen LogP contribution >= 0.6 is 15.9 Å². The second-order valence-electron chi connectivity index (χ2n) is 6.35. The molecule has 1 N–H and O–H groups in total. The Morgan fingerprint density at radius 3 is 2.83 bits per heavy atom. The SMILES string of the molecule is CCc1nc2ccc(Br)cn2c1C(=O)NCCCCN1CCCC1. The summed E-state index contributed by atoms with van der Waals surface area (Å²) < 4.78 is 2.82. The third-order valence-electron chi connectivity index (χ3n) is 4.59. The van der Waals surface area contributed by atoms with Crippen LogP contribution in [0.2, 0.25) is 0 Å². The van der Waals surface area contributed by atoms with Crippen molar-refractivity contribution in [3.63, 3.8) is 0 Å². The number of aryl methyl sites for hydroxylation is 1. The van der Waals surface area contributed by atoms with Crippen LogP contribution in [0.3, 0.4) is 0 Å². The third kappa shape index (κ3) is 3.98. The molecule has 0 radical (unpaired) electrons. The van der Waals surface area contributed by atoms with Gasteiger partial charge in [-0.3, -0.25) is 9.20 Å². The molecule has 1 amide bonds. The largest absolute Gasteiger partial charge is 0.351 e. The Kier molecular flexibility index (Phi) is 5.89. The predicted octanol–water partition coefficient (Wildman–Crippen LogP) is 3.27. The van der Waals surface area contributed by atoms with Crippen LogP contribution in [0.5, 0.6) is 0 Å². The molecule has 3 rings (SSSR count). The number of aromatic nitrogens is 2. The molecule has 1 saturated heterocycles. The van der Waals surface area contributed by atoms with Gasteiger partial charge < -0.3 is 10.2 Å². The average molecular weight is 393 g/mol. The number of amides is 1. The van der Waals surface area contributed by atoms with Crippen LogP contribution < -0.4 is 5.32 Å².